The summed E-state index contributed by atoms with van der Waals surface area (Å²) in [5.74, 6) is -4.99. The summed E-state index contributed by atoms with van der Waals surface area (Å²) >= 11 is 0. The average Bonchev–Trinajstić information content (AvgIpc) is 1.68. The molecule has 21 heteroatoms. The fraction of sp³-hybridized carbons (Fsp3) is 0.453. The monoisotopic (exact) mass is 1170 g/mol. The molecule has 0 saturated carbocycles. The number of esters is 3. The summed E-state index contributed by atoms with van der Waals surface area (Å²) < 4.78 is 69.3. The highest BCUT2D eigenvalue weighted by molar-refractivity contribution is 5.97. The molecular weight excluding hydrogens is 1100 g/mol. The fourth-order valence-electron chi connectivity index (χ4n) is 12.2. The van der Waals surface area contributed by atoms with Crippen LogP contribution in [0.25, 0.3) is 33.2 Å². The third-order valence-electron chi connectivity index (χ3n) is 16.1. The highest BCUT2D eigenvalue weighted by atomic mass is 19.1. The number of aromatic amines is 1. The SMILES string of the molecule is CC(=O)O[C@@H]1[C@H](OC(C)=O)[C@H](C)O[C@H](n2c(-c3[nH]c4cc(F)ccc4c3CC3CCCN3C(=O)[C@@H](NC(=O)OCc3ccccc3)C(C)C)c(C[C@@H]3CCCN3C(=O)[C@@H](NC(=O)OCc3ccccc3)C(C)C)c3ccc(F)cc32)[C@H]1OC(C)=O. The van der Waals surface area contributed by atoms with E-state index in [4.69, 9.17) is 28.4 Å². The molecule has 9 rings (SSSR count). The molecule has 6 aromatic rings. The average molecular weight is 1170 g/mol. The first kappa shape index (κ1) is 61.2. The van der Waals surface area contributed by atoms with Gasteiger partial charge in [0.2, 0.25) is 11.8 Å². The summed E-state index contributed by atoms with van der Waals surface area (Å²) in [5.41, 5.74) is 4.03. The molecule has 2 aromatic heterocycles. The van der Waals surface area contributed by atoms with E-state index in [1.165, 1.54) is 31.2 Å². The Hall–Kier alpha value is -8.33. The molecule has 9 atom stereocenters. The van der Waals surface area contributed by atoms with E-state index in [2.05, 4.69) is 15.6 Å². The Morgan fingerprint density at radius 2 is 1.08 bits per heavy atom. The number of amides is 4. The largest absolute Gasteiger partial charge is 0.456 e. The van der Waals surface area contributed by atoms with E-state index in [1.54, 1.807) is 33.4 Å². The second-order valence-electron chi connectivity index (χ2n) is 22.9. The zero-order valence-electron chi connectivity index (χ0n) is 49.1. The minimum absolute atomic E-state index is 0.00625. The molecule has 3 fully saturated rings. The highest BCUT2D eigenvalue weighted by Crippen LogP contribution is 2.46. The predicted octanol–water partition coefficient (Wildman–Crippen LogP) is 9.75. The molecule has 0 bridgehead atoms. The van der Waals surface area contributed by atoms with E-state index in [0.29, 0.717) is 77.6 Å². The van der Waals surface area contributed by atoms with Gasteiger partial charge in [0.1, 0.15) is 36.9 Å². The molecular formula is C64H74F2N6O13. The number of nitrogens with one attached hydrogen (secondary N) is 3. The first-order chi connectivity index (χ1) is 40.7. The lowest BCUT2D eigenvalue weighted by Gasteiger charge is -2.44. The Morgan fingerprint density at radius 1 is 0.612 bits per heavy atom. The number of rotatable bonds is 19. The van der Waals surface area contributed by atoms with Gasteiger partial charge in [-0.2, -0.15) is 0 Å². The van der Waals surface area contributed by atoms with E-state index in [0.717, 1.165) is 25.0 Å². The Morgan fingerprint density at radius 3 is 1.59 bits per heavy atom. The maximum absolute atomic E-state index is 16.3. The van der Waals surface area contributed by atoms with Gasteiger partial charge >= 0.3 is 30.1 Å². The minimum Gasteiger partial charge on any atom is -0.456 e. The van der Waals surface area contributed by atoms with Crippen molar-refractivity contribution in [2.24, 2.45) is 11.8 Å². The van der Waals surface area contributed by atoms with Crippen molar-refractivity contribution in [2.75, 3.05) is 13.1 Å². The standard InChI is InChI=1S/C64H74F2N6O13/c1-35(2)53(68-63(78)80-33-41-17-11-9-12-18-41)60(76)70-27-15-21-45(70)31-49-47-25-23-43(65)29-51(47)67-55(49)56-50(32-46-22-16-28-71(46)61(77)54(36(3)4)69-64(79)81-34-42-19-13-10-14-20-42)48-26-24-44(66)30-52(48)72(56)62-59(85-40(8)75)58(84-39(7)74)57(37(5)82-62)83-38(6)73/h9-14,17-20,23-26,29-30,35-37,45-46,53-54,57-59,62,67H,15-16,21-22,27-28,31-34H2,1-8H3,(H,68,78)(H,69,79)/t37-,45?,46-,53-,54-,57+,58+,59-,62-/m0/s1. The topological polar surface area (TPSA) is 226 Å². The number of fused-ring (bicyclic) bond motifs is 2. The number of carbonyl (C=O) groups excluding carboxylic acids is 7. The van der Waals surface area contributed by atoms with E-state index in [-0.39, 0.29) is 55.2 Å². The molecule has 0 spiro atoms. The number of alkyl carbamates (subject to hydrolysis) is 2. The predicted molar refractivity (Wildman–Crippen MR) is 309 cm³/mol. The van der Waals surface area contributed by atoms with Gasteiger partial charge in [0.05, 0.1) is 23.0 Å². The van der Waals surface area contributed by atoms with Crippen LogP contribution in [0.4, 0.5) is 18.4 Å². The Bertz CT molecular complexity index is 3420. The molecule has 0 aliphatic carbocycles. The van der Waals surface area contributed by atoms with E-state index in [1.807, 2.05) is 88.4 Å². The Kier molecular flexibility index (Phi) is 19.2. The lowest BCUT2D eigenvalue weighted by molar-refractivity contribution is -0.258. The van der Waals surface area contributed by atoms with Gasteiger partial charge in [-0.25, -0.2) is 18.4 Å². The number of carbonyl (C=O) groups is 7. The number of hydrogen-bond donors (Lipinski definition) is 3. The van der Waals surface area contributed by atoms with Crippen molar-refractivity contribution < 1.29 is 70.8 Å². The number of benzene rings is 4. The van der Waals surface area contributed by atoms with Gasteiger partial charge in [0, 0.05) is 62.2 Å². The van der Waals surface area contributed by atoms with Crippen molar-refractivity contribution >= 4 is 63.7 Å². The van der Waals surface area contributed by atoms with E-state index >= 15 is 13.6 Å². The van der Waals surface area contributed by atoms with Gasteiger partial charge in [-0.15, -0.1) is 0 Å². The maximum atomic E-state index is 16.3. The van der Waals surface area contributed by atoms with Crippen molar-refractivity contribution in [1.29, 1.82) is 0 Å². The van der Waals surface area contributed by atoms with Crippen LogP contribution in [0.5, 0.6) is 0 Å². The number of likely N-dealkylation sites (tertiary alicyclic amines) is 2. The normalized spacial score (nSPS) is 21.2. The molecule has 1 unspecified atom stereocenters. The van der Waals surface area contributed by atoms with Crippen LogP contribution >= 0.6 is 0 Å². The number of H-pyrrole nitrogens is 1. The molecule has 0 radical (unpaired) electrons. The molecule has 85 heavy (non-hydrogen) atoms. The molecule has 19 nitrogen and oxygen atoms in total. The third kappa shape index (κ3) is 13.9. The molecule has 3 aliphatic heterocycles. The van der Waals surface area contributed by atoms with Crippen LogP contribution < -0.4 is 10.6 Å². The van der Waals surface area contributed by atoms with Crippen molar-refractivity contribution in [2.45, 2.75) is 162 Å². The number of nitrogens with zero attached hydrogens (tertiary/aromatic N) is 3. The molecule has 4 aromatic carbocycles. The second kappa shape index (κ2) is 26.7. The Labute approximate surface area is 491 Å². The summed E-state index contributed by atoms with van der Waals surface area (Å²) in [5, 5.41) is 6.70. The number of ether oxygens (including phenoxy) is 6. The van der Waals surface area contributed by atoms with Gasteiger partial charge < -0.3 is 58.4 Å². The number of hydrogen-bond acceptors (Lipinski definition) is 13. The first-order valence-corrected chi connectivity index (χ1v) is 29.0. The number of halogens is 2. The highest BCUT2D eigenvalue weighted by Gasteiger charge is 2.52. The Balaban J connectivity index is 1.18. The van der Waals surface area contributed by atoms with Crippen LogP contribution in [0.15, 0.2) is 97.1 Å². The van der Waals surface area contributed by atoms with E-state index < -0.39 is 96.5 Å². The van der Waals surface area contributed by atoms with Gasteiger partial charge in [-0.3, -0.25) is 24.0 Å². The van der Waals surface area contributed by atoms with Gasteiger partial charge in [0.15, 0.2) is 24.5 Å². The summed E-state index contributed by atoms with van der Waals surface area (Å²) in [6.07, 6.45) is -5.89. The van der Waals surface area contributed by atoms with Crippen molar-refractivity contribution in [1.82, 2.24) is 30.0 Å². The molecule has 452 valence electrons. The quantitative estimate of drug-likeness (QED) is 0.0508. The van der Waals surface area contributed by atoms with Gasteiger partial charge in [0.25, 0.3) is 0 Å². The van der Waals surface area contributed by atoms with Crippen LogP contribution in [-0.2, 0) is 78.4 Å². The third-order valence-corrected chi connectivity index (χ3v) is 16.1. The van der Waals surface area contributed by atoms with Crippen LogP contribution in [0.1, 0.15) is 110 Å². The molecule has 3 saturated heterocycles. The zero-order valence-corrected chi connectivity index (χ0v) is 49.1. The van der Waals surface area contributed by atoms with Crippen LogP contribution in [0.3, 0.4) is 0 Å². The number of aromatic nitrogens is 2. The van der Waals surface area contributed by atoms with Crippen LogP contribution in [0, 0.1) is 23.5 Å². The molecule has 5 heterocycles. The summed E-state index contributed by atoms with van der Waals surface area (Å²) in [6.45, 7) is 13.0. The van der Waals surface area contributed by atoms with Gasteiger partial charge in [-0.1, -0.05) is 88.4 Å². The van der Waals surface area contributed by atoms with Crippen molar-refractivity contribution in [3.8, 4) is 11.4 Å². The first-order valence-electron chi connectivity index (χ1n) is 29.0. The molecule has 3 aliphatic rings. The lowest BCUT2D eigenvalue weighted by Crippen LogP contribution is -2.58. The van der Waals surface area contributed by atoms with Crippen LogP contribution in [-0.4, -0.2) is 123 Å². The smallest absolute Gasteiger partial charge is 0.408 e. The molecule has 4 amide bonds. The summed E-state index contributed by atoms with van der Waals surface area (Å²) in [6, 6.07) is 23.8. The lowest BCUT2D eigenvalue weighted by atomic mass is 9.94. The fourth-order valence-corrected chi connectivity index (χ4v) is 12.2. The summed E-state index contributed by atoms with van der Waals surface area (Å²) in [4.78, 5) is 103. The van der Waals surface area contributed by atoms with Crippen molar-refractivity contribution in [3.63, 3.8) is 0 Å². The van der Waals surface area contributed by atoms with Gasteiger partial charge in [-0.05, 0) is 116 Å². The molecule has 3 N–H and O–H groups in total. The van der Waals surface area contributed by atoms with E-state index in [9.17, 15) is 28.8 Å². The maximum Gasteiger partial charge on any atom is 0.408 e. The summed E-state index contributed by atoms with van der Waals surface area (Å²) in [7, 11) is 0. The zero-order chi connectivity index (χ0) is 60.8. The minimum atomic E-state index is -1.57. The van der Waals surface area contributed by atoms with Crippen molar-refractivity contribution in [3.05, 3.63) is 131 Å². The van der Waals surface area contributed by atoms with Crippen LogP contribution in [0.2, 0.25) is 0 Å². The second-order valence-corrected chi connectivity index (χ2v) is 22.9.